The highest BCUT2D eigenvalue weighted by molar-refractivity contribution is 7.16. The number of carbonyl (C=O) groups excluding carboxylic acids is 1. The van der Waals surface area contributed by atoms with E-state index in [4.69, 9.17) is 0 Å². The van der Waals surface area contributed by atoms with E-state index in [-0.39, 0.29) is 24.4 Å². The van der Waals surface area contributed by atoms with Gasteiger partial charge in [0, 0.05) is 24.4 Å². The minimum Gasteiger partial charge on any atom is -0.317 e. The summed E-state index contributed by atoms with van der Waals surface area (Å²) < 4.78 is 39.3. The number of thiophene rings is 1. The predicted molar refractivity (Wildman–Crippen MR) is 102 cm³/mol. The van der Waals surface area contributed by atoms with E-state index in [0.717, 1.165) is 35.8 Å². The Morgan fingerprint density at radius 3 is 2.79 bits per heavy atom. The van der Waals surface area contributed by atoms with Gasteiger partial charge in [-0.3, -0.25) is 4.79 Å². The van der Waals surface area contributed by atoms with Crippen molar-refractivity contribution < 1.29 is 18.0 Å². The van der Waals surface area contributed by atoms with Crippen LogP contribution in [0.5, 0.6) is 0 Å². The Morgan fingerprint density at radius 1 is 1.32 bits per heavy atom. The maximum absolute atomic E-state index is 13.1. The van der Waals surface area contributed by atoms with Crippen LogP contribution >= 0.6 is 11.3 Å². The van der Waals surface area contributed by atoms with E-state index < -0.39 is 11.7 Å². The molecule has 0 radical (unpaired) electrons. The highest BCUT2D eigenvalue weighted by Gasteiger charge is 2.33. The van der Waals surface area contributed by atoms with Crippen LogP contribution < -0.4 is 5.32 Å². The molecule has 0 saturated heterocycles. The molecule has 0 spiro atoms. The monoisotopic (exact) mass is 407 g/mol. The maximum atomic E-state index is 13.1. The van der Waals surface area contributed by atoms with Crippen molar-refractivity contribution in [2.24, 2.45) is 0 Å². The molecule has 4 nitrogen and oxygen atoms in total. The molecule has 1 aliphatic carbocycles. The molecule has 1 amide bonds. The van der Waals surface area contributed by atoms with Crippen molar-refractivity contribution in [2.75, 3.05) is 18.9 Å². The first kappa shape index (κ1) is 20.4. The molecule has 0 saturated carbocycles. The summed E-state index contributed by atoms with van der Waals surface area (Å²) in [6.07, 6.45) is -1.42. The number of aryl methyl sites for hydroxylation is 1. The molecular weight excluding hydrogens is 387 g/mol. The van der Waals surface area contributed by atoms with Gasteiger partial charge in [-0.1, -0.05) is 18.2 Å². The first-order valence-electron chi connectivity index (χ1n) is 8.97. The highest BCUT2D eigenvalue weighted by Crippen LogP contribution is 2.38. The number of nitriles is 1. The second kappa shape index (κ2) is 8.33. The second-order valence-electron chi connectivity index (χ2n) is 6.86. The number of nitrogens with one attached hydrogen (secondary N) is 1. The lowest BCUT2D eigenvalue weighted by atomic mass is 10.1. The zero-order valence-electron chi connectivity index (χ0n) is 15.4. The summed E-state index contributed by atoms with van der Waals surface area (Å²) in [5, 5.41) is 12.7. The van der Waals surface area contributed by atoms with E-state index in [1.165, 1.54) is 23.5 Å². The maximum Gasteiger partial charge on any atom is 0.416 e. The molecule has 1 aromatic carbocycles. The number of nitrogens with zero attached hydrogens (tertiary/aromatic N) is 2. The average Bonchev–Trinajstić information content (AvgIpc) is 3.20. The molecule has 0 atom stereocenters. The molecule has 1 aliphatic rings. The van der Waals surface area contributed by atoms with Crippen LogP contribution in [0.15, 0.2) is 24.3 Å². The normalized spacial score (nSPS) is 13.4. The first-order chi connectivity index (χ1) is 13.3. The fraction of sp³-hybridized carbons (Fsp3) is 0.400. The van der Waals surface area contributed by atoms with Crippen molar-refractivity contribution in [1.82, 2.24) is 4.90 Å². The summed E-state index contributed by atoms with van der Waals surface area (Å²) in [5.74, 6) is -0.243. The molecule has 0 fully saturated rings. The van der Waals surface area contributed by atoms with Gasteiger partial charge in [-0.05, 0) is 43.5 Å². The SMILES string of the molecule is CN(CCC(=O)Nc1sc2c(c1C#N)CCC2)Cc1ccccc1C(F)(F)F. The largest absolute Gasteiger partial charge is 0.416 e. The smallest absolute Gasteiger partial charge is 0.317 e. The van der Waals surface area contributed by atoms with Crippen molar-refractivity contribution in [1.29, 1.82) is 5.26 Å². The Labute approximate surface area is 165 Å². The van der Waals surface area contributed by atoms with Gasteiger partial charge < -0.3 is 10.2 Å². The van der Waals surface area contributed by atoms with Gasteiger partial charge in [0.2, 0.25) is 5.91 Å². The summed E-state index contributed by atoms with van der Waals surface area (Å²) in [6.45, 7) is 0.407. The molecule has 2 aromatic rings. The van der Waals surface area contributed by atoms with Crippen LogP contribution in [0.25, 0.3) is 0 Å². The van der Waals surface area contributed by atoms with E-state index in [2.05, 4.69) is 11.4 Å². The third kappa shape index (κ3) is 4.54. The molecule has 1 aromatic heterocycles. The standard InChI is InChI=1S/C20H20F3N3OS/c1-26(12-13-5-2-3-7-16(13)20(21,22)23)10-9-18(27)25-19-15(11-24)14-6-4-8-17(14)28-19/h2-3,5,7H,4,6,8-10,12H2,1H3,(H,25,27). The number of halogens is 3. The molecule has 3 rings (SSSR count). The van der Waals surface area contributed by atoms with Crippen molar-refractivity contribution in [3.63, 3.8) is 0 Å². The van der Waals surface area contributed by atoms with Gasteiger partial charge in [0.25, 0.3) is 0 Å². The van der Waals surface area contributed by atoms with Gasteiger partial charge in [0.15, 0.2) is 0 Å². The van der Waals surface area contributed by atoms with Crippen LogP contribution in [0.1, 0.15) is 40.0 Å². The van der Waals surface area contributed by atoms with Crippen LogP contribution in [0.4, 0.5) is 18.2 Å². The lowest BCUT2D eigenvalue weighted by Crippen LogP contribution is -2.25. The Hall–Kier alpha value is -2.37. The number of hydrogen-bond donors (Lipinski definition) is 1. The number of fused-ring (bicyclic) bond motifs is 1. The van der Waals surface area contributed by atoms with Crippen LogP contribution in [-0.2, 0) is 30.4 Å². The molecule has 28 heavy (non-hydrogen) atoms. The fourth-order valence-corrected chi connectivity index (χ4v) is 4.65. The van der Waals surface area contributed by atoms with Crippen molar-refractivity contribution in [3.05, 3.63) is 51.4 Å². The van der Waals surface area contributed by atoms with E-state index in [1.807, 2.05) is 0 Å². The number of carbonyl (C=O) groups is 1. The molecule has 0 aliphatic heterocycles. The third-order valence-corrected chi connectivity index (χ3v) is 5.98. The second-order valence-corrected chi connectivity index (χ2v) is 7.97. The number of amides is 1. The van der Waals surface area contributed by atoms with Crippen molar-refractivity contribution in [2.45, 2.75) is 38.4 Å². The van der Waals surface area contributed by atoms with Crippen LogP contribution in [0, 0.1) is 11.3 Å². The zero-order chi connectivity index (χ0) is 20.3. The summed E-state index contributed by atoms with van der Waals surface area (Å²) in [4.78, 5) is 15.1. The fourth-order valence-electron chi connectivity index (χ4n) is 3.40. The van der Waals surface area contributed by atoms with E-state index >= 15 is 0 Å². The van der Waals surface area contributed by atoms with Gasteiger partial charge in [0.05, 0.1) is 11.1 Å². The summed E-state index contributed by atoms with van der Waals surface area (Å²) >= 11 is 1.45. The number of alkyl halides is 3. The highest BCUT2D eigenvalue weighted by atomic mass is 32.1. The Morgan fingerprint density at radius 2 is 2.07 bits per heavy atom. The topological polar surface area (TPSA) is 56.1 Å². The molecular formula is C20H20F3N3OS. The number of rotatable bonds is 6. The summed E-state index contributed by atoms with van der Waals surface area (Å²) in [7, 11) is 1.68. The van der Waals surface area contributed by atoms with Gasteiger partial charge in [-0.2, -0.15) is 18.4 Å². The van der Waals surface area contributed by atoms with E-state index in [1.54, 1.807) is 18.0 Å². The minimum atomic E-state index is -4.40. The van der Waals surface area contributed by atoms with Gasteiger partial charge >= 0.3 is 6.18 Å². The average molecular weight is 407 g/mol. The number of benzene rings is 1. The number of hydrogen-bond acceptors (Lipinski definition) is 4. The van der Waals surface area contributed by atoms with E-state index in [0.29, 0.717) is 17.1 Å². The first-order valence-corrected chi connectivity index (χ1v) is 9.79. The molecule has 148 valence electrons. The molecule has 0 unspecified atom stereocenters. The predicted octanol–water partition coefficient (Wildman–Crippen LogP) is 4.59. The Balaban J connectivity index is 1.57. The molecule has 1 heterocycles. The zero-order valence-corrected chi connectivity index (χ0v) is 16.2. The lowest BCUT2D eigenvalue weighted by molar-refractivity contribution is -0.138. The van der Waals surface area contributed by atoms with Gasteiger partial charge in [0.1, 0.15) is 11.1 Å². The van der Waals surface area contributed by atoms with Gasteiger partial charge in [-0.15, -0.1) is 11.3 Å². The molecule has 8 heteroatoms. The third-order valence-electron chi connectivity index (χ3n) is 4.77. The minimum absolute atomic E-state index is 0.0969. The Kier molecular flexibility index (Phi) is 6.06. The molecule has 0 bridgehead atoms. The molecule has 1 N–H and O–H groups in total. The van der Waals surface area contributed by atoms with Crippen molar-refractivity contribution in [3.8, 4) is 6.07 Å². The van der Waals surface area contributed by atoms with Crippen LogP contribution in [0.3, 0.4) is 0 Å². The summed E-state index contributed by atoms with van der Waals surface area (Å²) in [6, 6.07) is 7.63. The van der Waals surface area contributed by atoms with Crippen LogP contribution in [0.2, 0.25) is 0 Å². The quantitative estimate of drug-likeness (QED) is 0.762. The van der Waals surface area contributed by atoms with Crippen molar-refractivity contribution >= 4 is 22.2 Å². The van der Waals surface area contributed by atoms with E-state index in [9.17, 15) is 23.2 Å². The van der Waals surface area contributed by atoms with Crippen LogP contribution in [-0.4, -0.2) is 24.4 Å². The lowest BCUT2D eigenvalue weighted by Gasteiger charge is -2.19. The summed E-state index contributed by atoms with van der Waals surface area (Å²) in [5.41, 5.74) is 1.12. The number of anilines is 1. The van der Waals surface area contributed by atoms with Gasteiger partial charge in [-0.25, -0.2) is 0 Å². The Bertz CT molecular complexity index is 914.